The molecular weight excluding hydrogens is 249 g/mol. The van der Waals surface area contributed by atoms with E-state index in [-0.39, 0.29) is 19.6 Å². The number of fused-ring (bicyclic) bond motifs is 1. The molecule has 1 aliphatic heterocycles. The zero-order valence-electron chi connectivity index (χ0n) is 9.54. The van der Waals surface area contributed by atoms with E-state index in [0.29, 0.717) is 17.1 Å². The quantitative estimate of drug-likeness (QED) is 0.848. The first-order valence-electron chi connectivity index (χ1n) is 5.60. The second kappa shape index (κ2) is 5.06. The van der Waals surface area contributed by atoms with Crippen molar-refractivity contribution < 1.29 is 27.8 Å². The van der Waals surface area contributed by atoms with Gasteiger partial charge in [0.2, 0.25) is 0 Å². The van der Waals surface area contributed by atoms with Gasteiger partial charge < -0.3 is 14.6 Å². The summed E-state index contributed by atoms with van der Waals surface area (Å²) in [5.41, 5.74) is 0.678. The fraction of sp³-hybridized carbons (Fsp3) is 0.500. The molecule has 0 amide bonds. The zero-order chi connectivity index (χ0) is 13.2. The van der Waals surface area contributed by atoms with Gasteiger partial charge in [-0.25, -0.2) is 0 Å². The lowest BCUT2D eigenvalue weighted by atomic mass is 10.1. The number of aliphatic hydroxyl groups is 1. The normalized spacial score (nSPS) is 18.3. The molecule has 18 heavy (non-hydrogen) atoms. The lowest BCUT2D eigenvalue weighted by Gasteiger charge is -2.09. The Hall–Kier alpha value is -1.43. The van der Waals surface area contributed by atoms with Gasteiger partial charge in [0, 0.05) is 18.1 Å². The van der Waals surface area contributed by atoms with Crippen molar-refractivity contribution in [3.05, 3.63) is 23.8 Å². The van der Waals surface area contributed by atoms with Crippen LogP contribution in [0.15, 0.2) is 18.2 Å². The summed E-state index contributed by atoms with van der Waals surface area (Å²) in [6, 6.07) is 4.86. The van der Waals surface area contributed by atoms with Crippen molar-refractivity contribution in [1.82, 2.24) is 0 Å². The van der Waals surface area contributed by atoms with Crippen molar-refractivity contribution in [2.45, 2.75) is 25.1 Å². The van der Waals surface area contributed by atoms with E-state index < -0.39 is 18.7 Å². The summed E-state index contributed by atoms with van der Waals surface area (Å²) in [5, 5.41) is 9.49. The van der Waals surface area contributed by atoms with E-state index in [1.165, 1.54) is 0 Å². The Kier molecular flexibility index (Phi) is 3.65. The van der Waals surface area contributed by atoms with Crippen LogP contribution in [0.3, 0.4) is 0 Å². The van der Waals surface area contributed by atoms with Gasteiger partial charge in [-0.3, -0.25) is 0 Å². The highest BCUT2D eigenvalue weighted by atomic mass is 19.4. The third-order valence-corrected chi connectivity index (χ3v) is 2.61. The maximum absolute atomic E-state index is 11.9. The molecule has 0 saturated heterocycles. The van der Waals surface area contributed by atoms with Crippen LogP contribution < -0.4 is 9.47 Å². The number of hydrogen-bond acceptors (Lipinski definition) is 3. The Morgan fingerprint density at radius 3 is 2.89 bits per heavy atom. The molecule has 2 rings (SSSR count). The third-order valence-electron chi connectivity index (χ3n) is 2.61. The second-order valence-corrected chi connectivity index (χ2v) is 4.09. The molecule has 0 radical (unpaired) electrons. The van der Waals surface area contributed by atoms with Gasteiger partial charge in [-0.15, -0.1) is 0 Å². The Morgan fingerprint density at radius 1 is 1.39 bits per heavy atom. The summed E-state index contributed by atoms with van der Waals surface area (Å²) < 4.78 is 46.1. The van der Waals surface area contributed by atoms with Crippen LogP contribution in [0.25, 0.3) is 0 Å². The molecule has 0 aromatic heterocycles. The molecule has 6 heteroatoms. The molecule has 1 atom stereocenters. The number of rotatable bonds is 4. The van der Waals surface area contributed by atoms with Crippen LogP contribution in [0, 0.1) is 0 Å². The molecule has 0 spiro atoms. The third kappa shape index (κ3) is 3.29. The Morgan fingerprint density at radius 2 is 2.17 bits per heavy atom. The molecule has 0 saturated carbocycles. The second-order valence-electron chi connectivity index (χ2n) is 4.09. The van der Waals surface area contributed by atoms with E-state index >= 15 is 0 Å². The molecule has 1 unspecified atom stereocenters. The maximum atomic E-state index is 11.9. The van der Waals surface area contributed by atoms with Gasteiger partial charge in [-0.1, -0.05) is 0 Å². The summed E-state index contributed by atoms with van der Waals surface area (Å²) in [5.74, 6) is 0.973. The predicted octanol–water partition coefficient (Wildman–Crippen LogP) is 2.83. The Balaban J connectivity index is 1.84. The van der Waals surface area contributed by atoms with Crippen LogP contribution in [0.1, 0.15) is 24.5 Å². The number of alkyl halides is 3. The van der Waals surface area contributed by atoms with Crippen LogP contribution in [-0.4, -0.2) is 24.5 Å². The minimum Gasteiger partial charge on any atom is -0.493 e. The Labute approximate surface area is 102 Å². The highest BCUT2D eigenvalue weighted by Crippen LogP contribution is 2.35. The van der Waals surface area contributed by atoms with Crippen molar-refractivity contribution in [1.29, 1.82) is 0 Å². The van der Waals surface area contributed by atoms with E-state index in [9.17, 15) is 18.3 Å². The summed E-state index contributed by atoms with van der Waals surface area (Å²) >= 11 is 0. The lowest BCUT2D eigenvalue weighted by Crippen LogP contribution is -2.09. The van der Waals surface area contributed by atoms with Crippen LogP contribution in [0.5, 0.6) is 11.5 Å². The summed E-state index contributed by atoms with van der Waals surface area (Å²) in [6.07, 6.45) is -5.72. The summed E-state index contributed by atoms with van der Waals surface area (Å²) in [4.78, 5) is 0. The van der Waals surface area contributed by atoms with Crippen molar-refractivity contribution in [2.24, 2.45) is 0 Å². The van der Waals surface area contributed by atoms with E-state index in [0.717, 1.165) is 0 Å². The van der Waals surface area contributed by atoms with Crippen molar-refractivity contribution in [3.63, 3.8) is 0 Å². The number of hydrogen-bond donors (Lipinski definition) is 1. The van der Waals surface area contributed by atoms with Crippen molar-refractivity contribution in [2.75, 3.05) is 13.2 Å². The highest BCUT2D eigenvalue weighted by Gasteiger charge is 2.26. The molecule has 0 bridgehead atoms. The largest absolute Gasteiger partial charge is 0.493 e. The monoisotopic (exact) mass is 262 g/mol. The van der Waals surface area contributed by atoms with E-state index in [4.69, 9.17) is 9.47 Å². The van der Waals surface area contributed by atoms with Crippen LogP contribution >= 0.6 is 0 Å². The van der Waals surface area contributed by atoms with Gasteiger partial charge in [-0.2, -0.15) is 13.2 Å². The molecule has 0 aliphatic carbocycles. The van der Waals surface area contributed by atoms with Gasteiger partial charge in [0.05, 0.1) is 6.61 Å². The van der Waals surface area contributed by atoms with Gasteiger partial charge >= 0.3 is 6.18 Å². The molecule has 1 N–H and O–H groups in total. The van der Waals surface area contributed by atoms with Crippen molar-refractivity contribution in [3.8, 4) is 11.5 Å². The van der Waals surface area contributed by atoms with E-state index in [2.05, 4.69) is 0 Å². The first-order valence-corrected chi connectivity index (χ1v) is 5.60. The van der Waals surface area contributed by atoms with Crippen molar-refractivity contribution >= 4 is 0 Å². The van der Waals surface area contributed by atoms with Crippen LogP contribution in [0.4, 0.5) is 13.2 Å². The molecule has 1 heterocycles. The number of ether oxygens (including phenoxy) is 2. The van der Waals surface area contributed by atoms with Crippen LogP contribution in [0.2, 0.25) is 0 Å². The molecule has 3 nitrogen and oxygen atoms in total. The zero-order valence-corrected chi connectivity index (χ0v) is 9.54. The SMILES string of the molecule is OC1COc2cc(OCCCC(F)(F)F)ccc21. The summed E-state index contributed by atoms with van der Waals surface area (Å²) in [7, 11) is 0. The first-order chi connectivity index (χ1) is 8.46. The molecule has 100 valence electrons. The molecular formula is C12H13F3O3. The first kappa shape index (κ1) is 13.0. The fourth-order valence-electron chi connectivity index (χ4n) is 1.73. The average Bonchev–Trinajstić information content (AvgIpc) is 2.65. The summed E-state index contributed by atoms with van der Waals surface area (Å²) in [6.45, 7) is 0.202. The van der Waals surface area contributed by atoms with Gasteiger partial charge in [0.15, 0.2) is 0 Å². The van der Waals surface area contributed by atoms with E-state index in [1.54, 1.807) is 18.2 Å². The Bertz CT molecular complexity index is 418. The standard InChI is InChI=1S/C12H13F3O3/c13-12(14,15)4-1-5-17-8-2-3-9-10(16)7-18-11(9)6-8/h2-3,6,10,16H,1,4-5,7H2. The maximum Gasteiger partial charge on any atom is 0.389 e. The average molecular weight is 262 g/mol. The topological polar surface area (TPSA) is 38.7 Å². The fourth-order valence-corrected chi connectivity index (χ4v) is 1.73. The molecule has 1 aromatic carbocycles. The smallest absolute Gasteiger partial charge is 0.389 e. The van der Waals surface area contributed by atoms with Gasteiger partial charge in [-0.05, 0) is 18.6 Å². The number of aliphatic hydroxyl groups excluding tert-OH is 1. The minimum atomic E-state index is -4.14. The molecule has 0 fully saturated rings. The lowest BCUT2D eigenvalue weighted by molar-refractivity contribution is -0.136. The molecule has 1 aromatic rings. The van der Waals surface area contributed by atoms with Gasteiger partial charge in [0.25, 0.3) is 0 Å². The van der Waals surface area contributed by atoms with Crippen LogP contribution in [-0.2, 0) is 0 Å². The molecule has 1 aliphatic rings. The minimum absolute atomic E-state index is 0.000843. The predicted molar refractivity (Wildman–Crippen MR) is 57.7 cm³/mol. The highest BCUT2D eigenvalue weighted by molar-refractivity contribution is 5.44. The van der Waals surface area contributed by atoms with E-state index in [1.807, 2.05) is 0 Å². The van der Waals surface area contributed by atoms with Gasteiger partial charge in [0.1, 0.15) is 24.2 Å². The number of benzene rings is 1. The number of halogens is 3.